The average Bonchev–Trinajstić information content (AvgIpc) is 3.19. The van der Waals surface area contributed by atoms with Gasteiger partial charge in [-0.25, -0.2) is 9.50 Å². The molecule has 0 atom stereocenters. The second kappa shape index (κ2) is 6.26. The predicted octanol–water partition coefficient (Wildman–Crippen LogP) is 3.23. The zero-order valence-electron chi connectivity index (χ0n) is 14.9. The van der Waals surface area contributed by atoms with Crippen molar-refractivity contribution in [3.63, 3.8) is 0 Å². The molecule has 6 heteroatoms. The van der Waals surface area contributed by atoms with E-state index in [4.69, 9.17) is 0 Å². The number of fused-ring (bicyclic) bond motifs is 2. The van der Waals surface area contributed by atoms with Crippen LogP contribution in [0.3, 0.4) is 0 Å². The van der Waals surface area contributed by atoms with Crippen molar-refractivity contribution in [2.24, 2.45) is 0 Å². The van der Waals surface area contributed by atoms with Gasteiger partial charge in [0.05, 0.1) is 5.69 Å². The Morgan fingerprint density at radius 2 is 2.16 bits per heavy atom. The molecule has 0 bridgehead atoms. The lowest BCUT2D eigenvalue weighted by molar-refractivity contribution is -0.132. The van der Waals surface area contributed by atoms with Gasteiger partial charge in [0.15, 0.2) is 5.65 Å². The fraction of sp³-hybridized carbons (Fsp3) is 0.421. The molecule has 3 aromatic rings. The average molecular weight is 354 g/mol. The van der Waals surface area contributed by atoms with Crippen molar-refractivity contribution in [2.75, 3.05) is 6.54 Å². The van der Waals surface area contributed by atoms with E-state index < -0.39 is 0 Å². The number of carbonyl (C=O) groups excluding carboxylic acids is 1. The lowest BCUT2D eigenvalue weighted by Crippen LogP contribution is -2.35. The van der Waals surface area contributed by atoms with Crippen LogP contribution in [0.1, 0.15) is 39.5 Å². The highest BCUT2D eigenvalue weighted by Gasteiger charge is 2.22. The maximum Gasteiger partial charge on any atom is 0.223 e. The van der Waals surface area contributed by atoms with Gasteiger partial charge in [0.2, 0.25) is 5.91 Å². The molecule has 3 aromatic heterocycles. The van der Waals surface area contributed by atoms with Crippen LogP contribution in [-0.4, -0.2) is 31.9 Å². The number of hydrogen-bond acceptors (Lipinski definition) is 4. The van der Waals surface area contributed by atoms with E-state index in [1.165, 1.54) is 10.4 Å². The Kier molecular flexibility index (Phi) is 4.07. The normalized spacial score (nSPS) is 14.1. The Bertz CT molecular complexity index is 956. The summed E-state index contributed by atoms with van der Waals surface area (Å²) in [6.07, 6.45) is 2.22. The molecule has 0 fully saturated rings. The van der Waals surface area contributed by atoms with Crippen LogP contribution < -0.4 is 0 Å². The van der Waals surface area contributed by atoms with E-state index in [0.717, 1.165) is 47.8 Å². The Hall–Kier alpha value is -2.21. The molecule has 0 aliphatic carbocycles. The molecule has 4 rings (SSSR count). The number of thiophene rings is 1. The Labute approximate surface area is 151 Å². The fourth-order valence-electron chi connectivity index (χ4n) is 3.65. The van der Waals surface area contributed by atoms with E-state index in [1.807, 2.05) is 29.3 Å². The van der Waals surface area contributed by atoms with Gasteiger partial charge in [-0.2, -0.15) is 5.10 Å². The maximum atomic E-state index is 12.7. The van der Waals surface area contributed by atoms with Gasteiger partial charge < -0.3 is 4.90 Å². The van der Waals surface area contributed by atoms with Gasteiger partial charge in [0.1, 0.15) is 0 Å². The van der Waals surface area contributed by atoms with Gasteiger partial charge in [-0.1, -0.05) is 0 Å². The third-order valence-electron chi connectivity index (χ3n) is 5.04. The number of rotatable bonds is 3. The van der Waals surface area contributed by atoms with Crippen molar-refractivity contribution in [3.05, 3.63) is 50.6 Å². The molecule has 5 nitrogen and oxygen atoms in total. The lowest BCUT2D eigenvalue weighted by Gasteiger charge is -2.27. The Morgan fingerprint density at radius 3 is 3.00 bits per heavy atom. The van der Waals surface area contributed by atoms with Crippen molar-refractivity contribution < 1.29 is 4.79 Å². The van der Waals surface area contributed by atoms with Gasteiger partial charge in [-0.3, -0.25) is 4.79 Å². The molecule has 130 valence electrons. The van der Waals surface area contributed by atoms with Crippen molar-refractivity contribution in [1.29, 1.82) is 0 Å². The molecular formula is C19H22N4OS. The fourth-order valence-corrected chi connectivity index (χ4v) is 4.54. The summed E-state index contributed by atoms with van der Waals surface area (Å²) in [5.74, 6) is 0.229. The van der Waals surface area contributed by atoms with Crippen molar-refractivity contribution in [3.8, 4) is 0 Å². The molecule has 1 aliphatic rings. The van der Waals surface area contributed by atoms with Gasteiger partial charge >= 0.3 is 0 Å². The van der Waals surface area contributed by atoms with Crippen LogP contribution in [0.4, 0.5) is 0 Å². The SMILES string of the molecule is Cc1cc2nc(C)c(CCC(=O)N3CCc4sccc4C3)c(C)n2n1. The highest BCUT2D eigenvalue weighted by atomic mass is 32.1. The predicted molar refractivity (Wildman–Crippen MR) is 99.0 cm³/mol. The van der Waals surface area contributed by atoms with Crippen LogP contribution in [0.15, 0.2) is 17.5 Å². The number of nitrogens with zero attached hydrogens (tertiary/aromatic N) is 4. The van der Waals surface area contributed by atoms with E-state index in [0.29, 0.717) is 12.8 Å². The van der Waals surface area contributed by atoms with E-state index in [2.05, 4.69) is 28.5 Å². The molecule has 25 heavy (non-hydrogen) atoms. The molecule has 0 radical (unpaired) electrons. The van der Waals surface area contributed by atoms with Crippen LogP contribution >= 0.6 is 11.3 Å². The number of carbonyl (C=O) groups is 1. The Morgan fingerprint density at radius 1 is 1.32 bits per heavy atom. The lowest BCUT2D eigenvalue weighted by atomic mass is 10.0. The first-order valence-corrected chi connectivity index (χ1v) is 9.56. The summed E-state index contributed by atoms with van der Waals surface area (Å²) >= 11 is 1.80. The van der Waals surface area contributed by atoms with Crippen LogP contribution in [0.5, 0.6) is 0 Å². The quantitative estimate of drug-likeness (QED) is 0.725. The highest BCUT2D eigenvalue weighted by Crippen LogP contribution is 2.25. The Balaban J connectivity index is 1.50. The summed E-state index contributed by atoms with van der Waals surface area (Å²) in [6.45, 7) is 7.65. The van der Waals surface area contributed by atoms with Crippen LogP contribution in [0.2, 0.25) is 0 Å². The van der Waals surface area contributed by atoms with E-state index >= 15 is 0 Å². The third-order valence-corrected chi connectivity index (χ3v) is 6.06. The topological polar surface area (TPSA) is 50.5 Å². The zero-order chi connectivity index (χ0) is 17.6. The molecule has 0 unspecified atom stereocenters. The summed E-state index contributed by atoms with van der Waals surface area (Å²) < 4.78 is 1.89. The summed E-state index contributed by atoms with van der Waals surface area (Å²) in [5, 5.41) is 6.63. The van der Waals surface area contributed by atoms with Crippen molar-refractivity contribution >= 4 is 22.9 Å². The van der Waals surface area contributed by atoms with Crippen LogP contribution in [0.25, 0.3) is 5.65 Å². The number of aryl methyl sites for hydroxylation is 3. The van der Waals surface area contributed by atoms with Gasteiger partial charge in [0, 0.05) is 41.8 Å². The van der Waals surface area contributed by atoms with Crippen molar-refractivity contribution in [2.45, 2.75) is 46.6 Å². The molecule has 0 spiro atoms. The largest absolute Gasteiger partial charge is 0.338 e. The highest BCUT2D eigenvalue weighted by molar-refractivity contribution is 7.10. The molecule has 4 heterocycles. The maximum absolute atomic E-state index is 12.7. The molecule has 0 N–H and O–H groups in total. The summed E-state index contributed by atoms with van der Waals surface area (Å²) in [6, 6.07) is 4.13. The second-order valence-corrected chi connectivity index (χ2v) is 7.75. The van der Waals surface area contributed by atoms with Crippen molar-refractivity contribution in [1.82, 2.24) is 19.5 Å². The minimum atomic E-state index is 0.229. The molecular weight excluding hydrogens is 332 g/mol. The smallest absolute Gasteiger partial charge is 0.223 e. The van der Waals surface area contributed by atoms with E-state index in [-0.39, 0.29) is 5.91 Å². The minimum Gasteiger partial charge on any atom is -0.338 e. The molecule has 0 aromatic carbocycles. The van der Waals surface area contributed by atoms with Crippen LogP contribution in [-0.2, 0) is 24.2 Å². The van der Waals surface area contributed by atoms with Crippen LogP contribution in [0, 0.1) is 20.8 Å². The standard InChI is InChI=1S/C19H22N4OS/c1-12-10-18-20-13(2)16(14(3)23(18)21-12)4-5-19(24)22-8-6-17-15(11-22)7-9-25-17/h7,9-10H,4-6,8,11H2,1-3H3. The number of hydrogen-bond donors (Lipinski definition) is 0. The molecule has 1 amide bonds. The van der Waals surface area contributed by atoms with E-state index in [1.54, 1.807) is 11.3 Å². The monoisotopic (exact) mass is 354 g/mol. The summed E-state index contributed by atoms with van der Waals surface area (Å²) in [5.41, 5.74) is 6.37. The first-order chi connectivity index (χ1) is 12.0. The number of amides is 1. The second-order valence-electron chi connectivity index (χ2n) is 6.75. The molecule has 0 saturated carbocycles. The molecule has 1 aliphatic heterocycles. The third kappa shape index (κ3) is 2.95. The van der Waals surface area contributed by atoms with Gasteiger partial charge in [-0.15, -0.1) is 11.3 Å². The molecule has 0 saturated heterocycles. The minimum absolute atomic E-state index is 0.229. The van der Waals surface area contributed by atoms with Gasteiger partial charge in [-0.05, 0) is 56.2 Å². The summed E-state index contributed by atoms with van der Waals surface area (Å²) in [7, 11) is 0. The van der Waals surface area contributed by atoms with Gasteiger partial charge in [0.25, 0.3) is 0 Å². The number of aromatic nitrogens is 3. The zero-order valence-corrected chi connectivity index (χ0v) is 15.7. The first kappa shape index (κ1) is 16.3. The summed E-state index contributed by atoms with van der Waals surface area (Å²) in [4.78, 5) is 20.7. The first-order valence-electron chi connectivity index (χ1n) is 8.68. The van der Waals surface area contributed by atoms with E-state index in [9.17, 15) is 4.79 Å².